The fourth-order valence-electron chi connectivity index (χ4n) is 3.28. The Morgan fingerprint density at radius 3 is 2.52 bits per heavy atom. The van der Waals surface area contributed by atoms with Crippen LogP contribution in [0.3, 0.4) is 0 Å². The number of para-hydroxylation sites is 1. The van der Waals surface area contributed by atoms with Gasteiger partial charge in [0, 0.05) is 32.8 Å². The molecule has 2 saturated heterocycles. The molecule has 0 saturated carbocycles. The van der Waals surface area contributed by atoms with Crippen molar-refractivity contribution in [1.29, 1.82) is 0 Å². The summed E-state index contributed by atoms with van der Waals surface area (Å²) < 4.78 is 10.5. The molecule has 0 spiro atoms. The average Bonchev–Trinajstić information content (AvgIpc) is 3.23. The number of carbonyl (C=O) groups is 3. The standard InChI is InChI=1S/C19H25N3O5/c1-2-26-18(24)14-6-3-4-7-15(14)20-19(25)22-11-9-21(10-12-22)17(23)16-8-5-13-27-16/h3-4,6-7,16H,2,5,8-13H2,1H3,(H,20,25). The van der Waals surface area contributed by atoms with E-state index in [0.29, 0.717) is 44.0 Å². The van der Waals surface area contributed by atoms with Crippen molar-refractivity contribution in [2.45, 2.75) is 25.9 Å². The van der Waals surface area contributed by atoms with Crippen LogP contribution in [-0.2, 0) is 14.3 Å². The third kappa shape index (κ3) is 4.57. The van der Waals surface area contributed by atoms with Gasteiger partial charge in [-0.1, -0.05) is 12.1 Å². The predicted molar refractivity (Wildman–Crippen MR) is 98.5 cm³/mol. The number of carbonyl (C=O) groups excluding carboxylic acids is 3. The fraction of sp³-hybridized carbons (Fsp3) is 0.526. The van der Waals surface area contributed by atoms with Crippen LogP contribution in [0.2, 0.25) is 0 Å². The van der Waals surface area contributed by atoms with Crippen molar-refractivity contribution >= 4 is 23.6 Å². The fourth-order valence-corrected chi connectivity index (χ4v) is 3.28. The molecule has 0 aliphatic carbocycles. The Bertz CT molecular complexity index is 694. The summed E-state index contributed by atoms with van der Waals surface area (Å²) in [5.41, 5.74) is 0.735. The van der Waals surface area contributed by atoms with E-state index in [9.17, 15) is 14.4 Å². The van der Waals surface area contributed by atoms with Gasteiger partial charge in [0.25, 0.3) is 5.91 Å². The topological polar surface area (TPSA) is 88.2 Å². The van der Waals surface area contributed by atoms with E-state index in [1.807, 2.05) is 0 Å². The average molecular weight is 375 g/mol. The molecule has 2 fully saturated rings. The number of anilines is 1. The Hall–Kier alpha value is -2.61. The first-order valence-electron chi connectivity index (χ1n) is 9.32. The van der Waals surface area contributed by atoms with Gasteiger partial charge in [0.15, 0.2) is 0 Å². The van der Waals surface area contributed by atoms with Crippen LogP contribution < -0.4 is 5.32 Å². The molecule has 1 N–H and O–H groups in total. The number of urea groups is 1. The molecule has 8 nitrogen and oxygen atoms in total. The summed E-state index contributed by atoms with van der Waals surface area (Å²) >= 11 is 0. The van der Waals surface area contributed by atoms with E-state index >= 15 is 0 Å². The third-order valence-electron chi connectivity index (χ3n) is 4.75. The van der Waals surface area contributed by atoms with Gasteiger partial charge in [0.2, 0.25) is 0 Å². The zero-order valence-electron chi connectivity index (χ0n) is 15.5. The normalized spacial score (nSPS) is 19.7. The zero-order chi connectivity index (χ0) is 19.2. The van der Waals surface area contributed by atoms with Gasteiger partial charge in [-0.05, 0) is 31.9 Å². The molecule has 0 bridgehead atoms. The number of nitrogens with one attached hydrogen (secondary N) is 1. The highest BCUT2D eigenvalue weighted by molar-refractivity contribution is 6.00. The maximum atomic E-state index is 12.6. The van der Waals surface area contributed by atoms with Gasteiger partial charge in [0.05, 0.1) is 17.9 Å². The zero-order valence-corrected chi connectivity index (χ0v) is 15.5. The first-order valence-corrected chi connectivity index (χ1v) is 9.32. The number of rotatable bonds is 4. The highest BCUT2D eigenvalue weighted by Gasteiger charge is 2.31. The molecule has 3 rings (SSSR count). The number of esters is 1. The molecule has 1 unspecified atom stereocenters. The van der Waals surface area contributed by atoms with Crippen LogP contribution in [0.25, 0.3) is 0 Å². The van der Waals surface area contributed by atoms with Crippen molar-refractivity contribution in [3.8, 4) is 0 Å². The van der Waals surface area contributed by atoms with Crippen molar-refractivity contribution < 1.29 is 23.9 Å². The number of amides is 3. The Morgan fingerprint density at radius 2 is 1.85 bits per heavy atom. The number of benzene rings is 1. The molecular formula is C19H25N3O5. The second kappa shape index (κ2) is 8.85. The summed E-state index contributed by atoms with van der Waals surface area (Å²) in [6.45, 7) is 4.46. The van der Waals surface area contributed by atoms with Crippen molar-refractivity contribution in [2.75, 3.05) is 44.7 Å². The Kier molecular flexibility index (Phi) is 6.28. The van der Waals surface area contributed by atoms with Crippen LogP contribution in [0.15, 0.2) is 24.3 Å². The summed E-state index contributed by atoms with van der Waals surface area (Å²) in [6, 6.07) is 6.46. The minimum Gasteiger partial charge on any atom is -0.462 e. The number of hydrogen-bond acceptors (Lipinski definition) is 5. The molecule has 2 heterocycles. The minimum atomic E-state index is -0.472. The first kappa shape index (κ1) is 19.2. The van der Waals surface area contributed by atoms with Crippen LogP contribution in [0.1, 0.15) is 30.1 Å². The van der Waals surface area contributed by atoms with E-state index < -0.39 is 5.97 Å². The highest BCUT2D eigenvalue weighted by Crippen LogP contribution is 2.19. The lowest BCUT2D eigenvalue weighted by molar-refractivity contribution is -0.142. The Morgan fingerprint density at radius 1 is 1.15 bits per heavy atom. The van der Waals surface area contributed by atoms with Gasteiger partial charge in [0.1, 0.15) is 6.10 Å². The molecule has 2 aliphatic rings. The van der Waals surface area contributed by atoms with Gasteiger partial charge < -0.3 is 24.6 Å². The number of piperazine rings is 1. The van der Waals surface area contributed by atoms with E-state index in [2.05, 4.69) is 5.32 Å². The molecular weight excluding hydrogens is 350 g/mol. The molecule has 0 aromatic heterocycles. The van der Waals surface area contributed by atoms with Gasteiger partial charge in [-0.3, -0.25) is 4.79 Å². The highest BCUT2D eigenvalue weighted by atomic mass is 16.5. The molecule has 1 atom stereocenters. The van der Waals surface area contributed by atoms with E-state index in [1.54, 1.807) is 41.0 Å². The van der Waals surface area contributed by atoms with E-state index in [4.69, 9.17) is 9.47 Å². The summed E-state index contributed by atoms with van der Waals surface area (Å²) in [4.78, 5) is 40.4. The second-order valence-electron chi connectivity index (χ2n) is 6.51. The summed E-state index contributed by atoms with van der Waals surface area (Å²) in [5, 5.41) is 2.78. The molecule has 146 valence electrons. The van der Waals surface area contributed by atoms with Gasteiger partial charge in [-0.25, -0.2) is 9.59 Å². The SMILES string of the molecule is CCOC(=O)c1ccccc1NC(=O)N1CCN(C(=O)C2CCCO2)CC1. The van der Waals surface area contributed by atoms with Gasteiger partial charge >= 0.3 is 12.0 Å². The minimum absolute atomic E-state index is 0.0141. The van der Waals surface area contributed by atoms with Gasteiger partial charge in [-0.2, -0.15) is 0 Å². The van der Waals surface area contributed by atoms with E-state index in [0.717, 1.165) is 12.8 Å². The lowest BCUT2D eigenvalue weighted by Crippen LogP contribution is -2.53. The molecule has 2 aliphatic heterocycles. The van der Waals surface area contributed by atoms with Gasteiger partial charge in [-0.15, -0.1) is 0 Å². The monoisotopic (exact) mass is 375 g/mol. The second-order valence-corrected chi connectivity index (χ2v) is 6.51. The Balaban J connectivity index is 1.56. The first-order chi connectivity index (χ1) is 13.1. The van der Waals surface area contributed by atoms with Crippen LogP contribution in [0, 0.1) is 0 Å². The van der Waals surface area contributed by atoms with Crippen molar-refractivity contribution in [3.63, 3.8) is 0 Å². The maximum absolute atomic E-state index is 12.6. The maximum Gasteiger partial charge on any atom is 0.340 e. The largest absolute Gasteiger partial charge is 0.462 e. The van der Waals surface area contributed by atoms with Crippen LogP contribution in [0.4, 0.5) is 10.5 Å². The van der Waals surface area contributed by atoms with Crippen molar-refractivity contribution in [2.24, 2.45) is 0 Å². The predicted octanol–water partition coefficient (Wildman–Crippen LogP) is 1.72. The number of hydrogen-bond donors (Lipinski definition) is 1. The number of nitrogens with zero attached hydrogens (tertiary/aromatic N) is 2. The Labute approximate surface area is 158 Å². The summed E-state index contributed by atoms with van der Waals surface area (Å²) in [7, 11) is 0. The summed E-state index contributed by atoms with van der Waals surface area (Å²) in [5.74, 6) is -0.458. The van der Waals surface area contributed by atoms with Crippen molar-refractivity contribution in [3.05, 3.63) is 29.8 Å². The molecule has 1 aromatic carbocycles. The molecule has 27 heavy (non-hydrogen) atoms. The molecule has 3 amide bonds. The molecule has 8 heteroatoms. The van der Waals surface area contributed by atoms with Crippen LogP contribution >= 0.6 is 0 Å². The number of ether oxygens (including phenoxy) is 2. The third-order valence-corrected chi connectivity index (χ3v) is 4.75. The quantitative estimate of drug-likeness (QED) is 0.810. The lowest BCUT2D eigenvalue weighted by Gasteiger charge is -2.35. The van der Waals surface area contributed by atoms with E-state index in [-0.39, 0.29) is 24.6 Å². The summed E-state index contributed by atoms with van der Waals surface area (Å²) in [6.07, 6.45) is 1.35. The van der Waals surface area contributed by atoms with Crippen LogP contribution in [-0.4, -0.2) is 73.2 Å². The molecule has 0 radical (unpaired) electrons. The molecule has 1 aromatic rings. The lowest BCUT2D eigenvalue weighted by atomic mass is 10.2. The van der Waals surface area contributed by atoms with E-state index in [1.165, 1.54) is 0 Å². The van der Waals surface area contributed by atoms with Crippen molar-refractivity contribution in [1.82, 2.24) is 9.80 Å². The van der Waals surface area contributed by atoms with Crippen LogP contribution in [0.5, 0.6) is 0 Å². The smallest absolute Gasteiger partial charge is 0.340 e.